The number of hydrogen-bond donors (Lipinski definition) is 2. The number of halogens is 3. The molecule has 0 saturated carbocycles. The van der Waals surface area contributed by atoms with Gasteiger partial charge in [-0.05, 0) is 38.1 Å². The molecule has 2 aliphatic rings. The highest BCUT2D eigenvalue weighted by Crippen LogP contribution is 2.31. The maximum atomic E-state index is 12.9. The van der Waals surface area contributed by atoms with Crippen LogP contribution in [0.4, 0.5) is 23.7 Å². The number of nitrogens with one attached hydrogen (secondary N) is 2. The molecule has 2 heterocycles. The Bertz CT molecular complexity index is 720. The van der Waals surface area contributed by atoms with Gasteiger partial charge in [0.05, 0.1) is 18.8 Å². The number of amides is 2. The lowest BCUT2D eigenvalue weighted by Crippen LogP contribution is -2.49. The summed E-state index contributed by atoms with van der Waals surface area (Å²) < 4.78 is 44.1. The maximum Gasteiger partial charge on any atom is 0.416 e. The number of ether oxygens (including phenoxy) is 1. The van der Waals surface area contributed by atoms with Crippen LogP contribution in [0.3, 0.4) is 0 Å². The number of benzene rings is 1. The predicted octanol–water partition coefficient (Wildman–Crippen LogP) is 2.24. The monoisotopic (exact) mass is 457 g/mol. The first-order chi connectivity index (χ1) is 15.3. The molecule has 7 nitrogen and oxygen atoms in total. The number of carbonyl (C=O) groups excluding carboxylic acids is 1. The van der Waals surface area contributed by atoms with Crippen LogP contribution in [-0.4, -0.2) is 94.0 Å². The first-order valence-electron chi connectivity index (χ1n) is 11.3. The van der Waals surface area contributed by atoms with Crippen molar-refractivity contribution in [3.63, 3.8) is 0 Å². The fourth-order valence-electron chi connectivity index (χ4n) is 4.06. The summed E-state index contributed by atoms with van der Waals surface area (Å²) in [7, 11) is 0. The van der Waals surface area contributed by atoms with Crippen LogP contribution in [0, 0.1) is 0 Å². The lowest BCUT2D eigenvalue weighted by Gasteiger charge is -2.36. The van der Waals surface area contributed by atoms with E-state index in [1.165, 1.54) is 12.1 Å². The quantitative estimate of drug-likeness (QED) is 0.587. The van der Waals surface area contributed by atoms with Crippen molar-refractivity contribution in [2.75, 3.05) is 77.0 Å². The van der Waals surface area contributed by atoms with E-state index >= 15 is 0 Å². The van der Waals surface area contributed by atoms with E-state index in [9.17, 15) is 18.0 Å². The molecule has 2 fully saturated rings. The van der Waals surface area contributed by atoms with E-state index in [2.05, 4.69) is 27.4 Å². The van der Waals surface area contributed by atoms with Crippen LogP contribution in [-0.2, 0) is 10.9 Å². The minimum atomic E-state index is -4.32. The Hall–Kier alpha value is -2.04. The average molecular weight is 458 g/mol. The molecule has 0 spiro atoms. The minimum Gasteiger partial charge on any atom is -0.379 e. The average Bonchev–Trinajstić information content (AvgIpc) is 2.81. The van der Waals surface area contributed by atoms with Gasteiger partial charge in [0.15, 0.2) is 0 Å². The summed E-state index contributed by atoms with van der Waals surface area (Å²) in [5.41, 5.74) is 0.00485. The highest BCUT2D eigenvalue weighted by molar-refractivity contribution is 5.73. The summed E-state index contributed by atoms with van der Waals surface area (Å²) in [6, 6.07) is 5.64. The molecular formula is C22H34F3N5O2. The third-order valence-electron chi connectivity index (χ3n) is 6.07. The SMILES string of the molecule is CC(CNC(=O)NCCCN1CCN(c2cccc(C(F)(F)F)c2)CC1)N1CCOCC1. The van der Waals surface area contributed by atoms with E-state index in [0.29, 0.717) is 31.9 Å². The highest BCUT2D eigenvalue weighted by atomic mass is 19.4. The second-order valence-electron chi connectivity index (χ2n) is 8.36. The summed E-state index contributed by atoms with van der Waals surface area (Å²) in [4.78, 5) is 18.6. The molecule has 2 aliphatic heterocycles. The van der Waals surface area contributed by atoms with Gasteiger partial charge in [0.2, 0.25) is 0 Å². The fourth-order valence-corrected chi connectivity index (χ4v) is 4.06. The van der Waals surface area contributed by atoms with E-state index < -0.39 is 11.7 Å². The Morgan fingerprint density at radius 1 is 1.09 bits per heavy atom. The van der Waals surface area contributed by atoms with Crippen LogP contribution in [0.15, 0.2) is 24.3 Å². The molecule has 2 saturated heterocycles. The molecule has 3 rings (SSSR count). The molecule has 0 aliphatic carbocycles. The van der Waals surface area contributed by atoms with Crippen molar-refractivity contribution in [2.45, 2.75) is 25.6 Å². The molecule has 32 heavy (non-hydrogen) atoms. The van der Waals surface area contributed by atoms with E-state index in [1.54, 1.807) is 6.07 Å². The zero-order valence-corrected chi connectivity index (χ0v) is 18.7. The van der Waals surface area contributed by atoms with Crippen LogP contribution >= 0.6 is 0 Å². The molecule has 0 bridgehead atoms. The van der Waals surface area contributed by atoms with E-state index in [1.807, 2.05) is 4.90 Å². The molecule has 1 atom stereocenters. The van der Waals surface area contributed by atoms with Gasteiger partial charge in [-0.3, -0.25) is 9.80 Å². The fraction of sp³-hybridized carbons (Fsp3) is 0.682. The van der Waals surface area contributed by atoms with Crippen molar-refractivity contribution < 1.29 is 22.7 Å². The van der Waals surface area contributed by atoms with Crippen LogP contribution in [0.25, 0.3) is 0 Å². The summed E-state index contributed by atoms with van der Waals surface area (Å²) in [5, 5.41) is 5.82. The predicted molar refractivity (Wildman–Crippen MR) is 118 cm³/mol. The molecule has 2 N–H and O–H groups in total. The zero-order valence-electron chi connectivity index (χ0n) is 18.7. The van der Waals surface area contributed by atoms with Crippen molar-refractivity contribution in [1.82, 2.24) is 20.4 Å². The highest BCUT2D eigenvalue weighted by Gasteiger charge is 2.31. The molecule has 0 radical (unpaired) electrons. The molecule has 180 valence electrons. The second kappa shape index (κ2) is 11.7. The number of morpholine rings is 1. The van der Waals surface area contributed by atoms with E-state index in [4.69, 9.17) is 4.74 Å². The van der Waals surface area contributed by atoms with Crippen molar-refractivity contribution in [1.29, 1.82) is 0 Å². The van der Waals surface area contributed by atoms with Gasteiger partial charge in [0, 0.05) is 64.1 Å². The lowest BCUT2D eigenvalue weighted by atomic mass is 10.1. The van der Waals surface area contributed by atoms with E-state index in [-0.39, 0.29) is 12.1 Å². The summed E-state index contributed by atoms with van der Waals surface area (Å²) in [6.07, 6.45) is -3.49. The van der Waals surface area contributed by atoms with Crippen molar-refractivity contribution in [2.24, 2.45) is 0 Å². The molecule has 1 aromatic rings. The maximum absolute atomic E-state index is 12.9. The normalized spacial score (nSPS) is 19.6. The summed E-state index contributed by atoms with van der Waals surface area (Å²) in [6.45, 7) is 10.4. The number of nitrogens with zero attached hydrogens (tertiary/aromatic N) is 3. The zero-order chi connectivity index (χ0) is 23.0. The van der Waals surface area contributed by atoms with Gasteiger partial charge in [-0.25, -0.2) is 4.79 Å². The van der Waals surface area contributed by atoms with Gasteiger partial charge in [-0.15, -0.1) is 0 Å². The van der Waals surface area contributed by atoms with Gasteiger partial charge in [-0.2, -0.15) is 13.2 Å². The molecule has 2 amide bonds. The number of alkyl halides is 3. The van der Waals surface area contributed by atoms with Crippen LogP contribution in [0.1, 0.15) is 18.9 Å². The van der Waals surface area contributed by atoms with Gasteiger partial charge < -0.3 is 20.3 Å². The smallest absolute Gasteiger partial charge is 0.379 e. The number of piperazine rings is 1. The van der Waals surface area contributed by atoms with Crippen molar-refractivity contribution >= 4 is 11.7 Å². The summed E-state index contributed by atoms with van der Waals surface area (Å²) >= 11 is 0. The molecule has 10 heteroatoms. The van der Waals surface area contributed by atoms with Gasteiger partial charge in [0.1, 0.15) is 0 Å². The topological polar surface area (TPSA) is 60.1 Å². The molecule has 1 aromatic carbocycles. The van der Waals surface area contributed by atoms with Crippen molar-refractivity contribution in [3.05, 3.63) is 29.8 Å². The molecule has 1 unspecified atom stereocenters. The minimum absolute atomic E-state index is 0.153. The van der Waals surface area contributed by atoms with Gasteiger partial charge >= 0.3 is 12.2 Å². The number of anilines is 1. The van der Waals surface area contributed by atoms with Gasteiger partial charge in [-0.1, -0.05) is 6.07 Å². The first kappa shape index (κ1) is 24.6. The third kappa shape index (κ3) is 7.53. The molecular weight excluding hydrogens is 423 g/mol. The van der Waals surface area contributed by atoms with Crippen LogP contribution < -0.4 is 15.5 Å². The van der Waals surface area contributed by atoms with Crippen LogP contribution in [0.2, 0.25) is 0 Å². The Morgan fingerprint density at radius 2 is 1.81 bits per heavy atom. The largest absolute Gasteiger partial charge is 0.416 e. The number of urea groups is 1. The lowest BCUT2D eigenvalue weighted by molar-refractivity contribution is -0.137. The van der Waals surface area contributed by atoms with Gasteiger partial charge in [0.25, 0.3) is 0 Å². The standard InChI is InChI=1S/C22H34F3N5O2/c1-18(29-12-14-32-15-13-29)17-27-21(31)26-6-3-7-28-8-10-30(11-9-28)20-5-2-4-19(16-20)22(23,24)25/h2,4-5,16,18H,3,6-15,17H2,1H3,(H2,26,27,31). The number of carbonyl (C=O) groups is 1. The third-order valence-corrected chi connectivity index (χ3v) is 6.07. The number of rotatable bonds is 8. The molecule has 0 aromatic heterocycles. The second-order valence-corrected chi connectivity index (χ2v) is 8.36. The summed E-state index contributed by atoms with van der Waals surface area (Å²) in [5.74, 6) is 0. The Balaban J connectivity index is 1.28. The Morgan fingerprint density at radius 3 is 2.50 bits per heavy atom. The van der Waals surface area contributed by atoms with Crippen LogP contribution in [0.5, 0.6) is 0 Å². The Labute approximate surface area is 187 Å². The van der Waals surface area contributed by atoms with Crippen molar-refractivity contribution in [3.8, 4) is 0 Å². The Kier molecular flexibility index (Phi) is 9.01. The van der Waals surface area contributed by atoms with E-state index in [0.717, 1.165) is 58.4 Å². The first-order valence-corrected chi connectivity index (χ1v) is 11.3. The number of hydrogen-bond acceptors (Lipinski definition) is 5.